The topological polar surface area (TPSA) is 95.5 Å². The number of benzene rings is 4. The molecule has 0 heterocycles. The van der Waals surface area contributed by atoms with Crippen LogP contribution in [-0.2, 0) is 4.79 Å². The largest absolute Gasteiger partial charge is 0.493 e. The number of hydrogen-bond donors (Lipinski definition) is 1. The summed E-state index contributed by atoms with van der Waals surface area (Å²) in [5.74, 6) is 0.994. The fourth-order valence-corrected chi connectivity index (χ4v) is 3.51. The van der Waals surface area contributed by atoms with E-state index in [1.807, 2.05) is 42.5 Å². The molecular weight excluding hydrogens is 472 g/mol. The van der Waals surface area contributed by atoms with Gasteiger partial charge in [0.1, 0.15) is 11.5 Å². The highest BCUT2D eigenvalue weighted by atomic mass is 16.5. The fraction of sp³-hybridized carbons (Fsp3) is 0.138. The normalized spacial score (nSPS) is 11.6. The Hall–Kier alpha value is -4.85. The van der Waals surface area contributed by atoms with Crippen LogP contribution in [0.2, 0.25) is 0 Å². The molecule has 4 aromatic carbocycles. The first kappa shape index (κ1) is 25.2. The molecule has 37 heavy (non-hydrogen) atoms. The third kappa shape index (κ3) is 6.43. The lowest BCUT2D eigenvalue weighted by Gasteiger charge is -2.13. The van der Waals surface area contributed by atoms with E-state index in [2.05, 4.69) is 10.5 Å². The molecule has 0 saturated carbocycles. The smallest absolute Gasteiger partial charge is 0.343 e. The summed E-state index contributed by atoms with van der Waals surface area (Å²) in [4.78, 5) is 24.8. The molecule has 0 fully saturated rings. The van der Waals surface area contributed by atoms with Gasteiger partial charge in [0.2, 0.25) is 0 Å². The van der Waals surface area contributed by atoms with E-state index in [0.717, 1.165) is 10.8 Å². The zero-order valence-corrected chi connectivity index (χ0v) is 20.6. The van der Waals surface area contributed by atoms with E-state index < -0.39 is 12.1 Å². The van der Waals surface area contributed by atoms with Gasteiger partial charge in [-0.05, 0) is 77.9 Å². The van der Waals surface area contributed by atoms with E-state index in [9.17, 15) is 9.59 Å². The second-order valence-corrected chi connectivity index (χ2v) is 8.03. The molecule has 0 aromatic heterocycles. The number of methoxy groups -OCH3 is 2. The third-order valence-electron chi connectivity index (χ3n) is 5.50. The minimum Gasteiger partial charge on any atom is -0.493 e. The molecule has 0 aliphatic carbocycles. The van der Waals surface area contributed by atoms with Crippen molar-refractivity contribution < 1.29 is 28.5 Å². The van der Waals surface area contributed by atoms with Crippen molar-refractivity contribution in [3.63, 3.8) is 0 Å². The molecule has 1 atom stereocenters. The van der Waals surface area contributed by atoms with Crippen molar-refractivity contribution in [2.45, 2.75) is 13.0 Å². The molecule has 4 aromatic rings. The van der Waals surface area contributed by atoms with Gasteiger partial charge >= 0.3 is 5.97 Å². The summed E-state index contributed by atoms with van der Waals surface area (Å²) < 4.78 is 21.6. The van der Waals surface area contributed by atoms with E-state index >= 15 is 0 Å². The minimum absolute atomic E-state index is 0.325. The fourth-order valence-electron chi connectivity index (χ4n) is 3.51. The van der Waals surface area contributed by atoms with Crippen molar-refractivity contribution in [3.05, 3.63) is 96.1 Å². The van der Waals surface area contributed by atoms with Gasteiger partial charge in [0.05, 0.1) is 26.0 Å². The molecule has 0 spiro atoms. The average Bonchev–Trinajstić information content (AvgIpc) is 2.93. The second kappa shape index (κ2) is 11.7. The van der Waals surface area contributed by atoms with Gasteiger partial charge in [-0.2, -0.15) is 5.10 Å². The van der Waals surface area contributed by atoms with Gasteiger partial charge < -0.3 is 18.9 Å². The number of ether oxygens (including phenoxy) is 4. The molecule has 1 amide bonds. The zero-order chi connectivity index (χ0) is 26.2. The first-order valence-electron chi connectivity index (χ1n) is 11.5. The summed E-state index contributed by atoms with van der Waals surface area (Å²) in [5.41, 5.74) is 3.50. The number of hydrogen-bond acceptors (Lipinski definition) is 7. The van der Waals surface area contributed by atoms with Crippen LogP contribution in [0.25, 0.3) is 10.8 Å². The molecule has 0 aliphatic heterocycles. The number of amides is 1. The first-order valence-corrected chi connectivity index (χ1v) is 11.5. The molecule has 0 bridgehead atoms. The standard InChI is InChI=1S/C29H26N2O6/c1-19(36-25-14-10-21-6-4-5-7-22(21)16-25)28(32)31-30-18-20-8-12-24(13-9-20)37-29(33)23-11-15-26(34-2)27(17-23)35-3/h4-19H,1-3H3,(H,31,32). The van der Waals surface area contributed by atoms with Crippen molar-refractivity contribution in [3.8, 4) is 23.0 Å². The summed E-state index contributed by atoms with van der Waals surface area (Å²) >= 11 is 0. The highest BCUT2D eigenvalue weighted by Crippen LogP contribution is 2.28. The van der Waals surface area contributed by atoms with Gasteiger partial charge in [0.15, 0.2) is 17.6 Å². The Morgan fingerprint density at radius 2 is 1.51 bits per heavy atom. The Morgan fingerprint density at radius 3 is 2.24 bits per heavy atom. The predicted molar refractivity (Wildman–Crippen MR) is 141 cm³/mol. The summed E-state index contributed by atoms with van der Waals surface area (Å²) in [6.45, 7) is 1.65. The molecule has 1 unspecified atom stereocenters. The van der Waals surface area contributed by atoms with Crippen molar-refractivity contribution >= 4 is 28.9 Å². The predicted octanol–water partition coefficient (Wildman–Crippen LogP) is 4.99. The number of carbonyl (C=O) groups excluding carboxylic acids is 2. The van der Waals surface area contributed by atoms with Crippen LogP contribution in [0, 0.1) is 0 Å². The number of fused-ring (bicyclic) bond motifs is 1. The molecule has 0 radical (unpaired) electrons. The molecule has 1 N–H and O–H groups in total. The van der Waals surface area contributed by atoms with Crippen LogP contribution < -0.4 is 24.4 Å². The Morgan fingerprint density at radius 1 is 0.811 bits per heavy atom. The Kier molecular flexibility index (Phi) is 8.00. The molecule has 8 nitrogen and oxygen atoms in total. The van der Waals surface area contributed by atoms with Crippen LogP contribution in [0.5, 0.6) is 23.0 Å². The highest BCUT2D eigenvalue weighted by Gasteiger charge is 2.15. The number of hydrazone groups is 1. The maximum atomic E-state index is 12.5. The van der Waals surface area contributed by atoms with E-state index in [1.165, 1.54) is 20.4 Å². The minimum atomic E-state index is -0.739. The average molecular weight is 499 g/mol. The van der Waals surface area contributed by atoms with Crippen molar-refractivity contribution in [2.24, 2.45) is 5.10 Å². The Labute approximate surface area is 214 Å². The van der Waals surface area contributed by atoms with Crippen LogP contribution >= 0.6 is 0 Å². The second-order valence-electron chi connectivity index (χ2n) is 8.03. The molecule has 0 aliphatic rings. The van der Waals surface area contributed by atoms with Gasteiger partial charge in [-0.1, -0.05) is 30.3 Å². The number of rotatable bonds is 9. The van der Waals surface area contributed by atoms with Gasteiger partial charge in [0, 0.05) is 0 Å². The van der Waals surface area contributed by atoms with E-state index in [4.69, 9.17) is 18.9 Å². The molecule has 188 valence electrons. The van der Waals surface area contributed by atoms with Crippen molar-refractivity contribution in [1.82, 2.24) is 5.43 Å². The van der Waals surface area contributed by atoms with Crippen LogP contribution in [0.15, 0.2) is 90.0 Å². The van der Waals surface area contributed by atoms with Crippen LogP contribution in [-0.4, -0.2) is 38.4 Å². The van der Waals surface area contributed by atoms with Crippen molar-refractivity contribution in [1.29, 1.82) is 0 Å². The van der Waals surface area contributed by atoms with E-state index in [0.29, 0.717) is 34.1 Å². The maximum Gasteiger partial charge on any atom is 0.343 e. The van der Waals surface area contributed by atoms with Crippen LogP contribution in [0.4, 0.5) is 0 Å². The number of carbonyl (C=O) groups is 2. The van der Waals surface area contributed by atoms with Crippen LogP contribution in [0.1, 0.15) is 22.8 Å². The maximum absolute atomic E-state index is 12.5. The third-order valence-corrected chi connectivity index (χ3v) is 5.50. The first-order chi connectivity index (χ1) is 18.0. The van der Waals surface area contributed by atoms with E-state index in [1.54, 1.807) is 49.4 Å². The zero-order valence-electron chi connectivity index (χ0n) is 20.6. The lowest BCUT2D eigenvalue weighted by molar-refractivity contribution is -0.127. The lowest BCUT2D eigenvalue weighted by Crippen LogP contribution is -2.33. The van der Waals surface area contributed by atoms with Gasteiger partial charge in [-0.3, -0.25) is 4.79 Å². The van der Waals surface area contributed by atoms with E-state index in [-0.39, 0.29) is 5.91 Å². The van der Waals surface area contributed by atoms with Crippen molar-refractivity contribution in [2.75, 3.05) is 14.2 Å². The molecule has 8 heteroatoms. The van der Waals surface area contributed by atoms with Gasteiger partial charge in [0.25, 0.3) is 5.91 Å². The summed E-state index contributed by atoms with van der Waals surface area (Å²) in [5, 5.41) is 6.12. The molecule has 0 saturated heterocycles. The lowest BCUT2D eigenvalue weighted by atomic mass is 10.1. The Bertz CT molecular complexity index is 1430. The Balaban J connectivity index is 1.29. The summed E-state index contributed by atoms with van der Waals surface area (Å²) in [6.07, 6.45) is 0.748. The quantitative estimate of drug-likeness (QED) is 0.151. The highest BCUT2D eigenvalue weighted by molar-refractivity contribution is 5.92. The number of esters is 1. The molecule has 4 rings (SSSR count). The number of nitrogens with zero attached hydrogens (tertiary/aromatic N) is 1. The van der Waals surface area contributed by atoms with Crippen LogP contribution in [0.3, 0.4) is 0 Å². The molecular formula is C29H26N2O6. The number of nitrogens with one attached hydrogen (secondary N) is 1. The summed E-state index contributed by atoms with van der Waals surface area (Å²) in [7, 11) is 3.01. The SMILES string of the molecule is COc1ccc(C(=O)Oc2ccc(C=NNC(=O)C(C)Oc3ccc4ccccc4c3)cc2)cc1OC. The monoisotopic (exact) mass is 498 g/mol. The van der Waals surface area contributed by atoms with Gasteiger partial charge in [-0.25, -0.2) is 10.2 Å². The van der Waals surface area contributed by atoms with Gasteiger partial charge in [-0.15, -0.1) is 0 Å². The summed E-state index contributed by atoms with van der Waals surface area (Å²) in [6, 6.07) is 25.1.